The van der Waals surface area contributed by atoms with Crippen LogP contribution in [0, 0.1) is 0 Å². The molecule has 2 aromatic carbocycles. The summed E-state index contributed by atoms with van der Waals surface area (Å²) in [5.74, 6) is -4.95. The molecule has 3 rings (SSSR count). The van der Waals surface area contributed by atoms with Crippen molar-refractivity contribution in [1.82, 2.24) is 20.9 Å². The third kappa shape index (κ3) is 10.9. The van der Waals surface area contributed by atoms with Gasteiger partial charge in [-0.25, -0.2) is 4.79 Å². The molecule has 0 aliphatic rings. The van der Waals surface area contributed by atoms with Gasteiger partial charge in [-0.2, -0.15) is 0 Å². The van der Waals surface area contributed by atoms with Crippen molar-refractivity contribution < 1.29 is 34.2 Å². The van der Waals surface area contributed by atoms with E-state index < -0.39 is 60.2 Å². The minimum atomic E-state index is -1.35. The van der Waals surface area contributed by atoms with Gasteiger partial charge in [0.15, 0.2) is 5.96 Å². The highest BCUT2D eigenvalue weighted by molar-refractivity contribution is 5.95. The number of aromatic nitrogens is 1. The number of rotatable bonds is 18. The third-order valence-corrected chi connectivity index (χ3v) is 7.21. The molecule has 1 aromatic heterocycles. The van der Waals surface area contributed by atoms with Crippen molar-refractivity contribution in [3.63, 3.8) is 0 Å². The number of amides is 3. The first kappa shape index (κ1) is 35.0. The van der Waals surface area contributed by atoms with E-state index in [2.05, 4.69) is 25.9 Å². The number of aliphatic imine (C=N–C) groups is 1. The van der Waals surface area contributed by atoms with E-state index in [1.807, 2.05) is 24.3 Å². The quantitative estimate of drug-likeness (QED) is 0.0501. The molecular formula is C31H40N8O7. The van der Waals surface area contributed by atoms with Gasteiger partial charge in [0.05, 0.1) is 6.04 Å². The molecule has 0 saturated carbocycles. The number of nitrogens with zero attached hydrogens (tertiary/aromatic N) is 1. The number of nitrogens with two attached hydrogens (primary N) is 3. The summed E-state index contributed by atoms with van der Waals surface area (Å²) in [7, 11) is 0. The van der Waals surface area contributed by atoms with Crippen molar-refractivity contribution in [2.45, 2.75) is 62.7 Å². The molecule has 0 aliphatic carbocycles. The minimum absolute atomic E-state index is 0.00218. The first-order valence-electron chi connectivity index (χ1n) is 14.7. The second-order valence-electron chi connectivity index (χ2n) is 10.8. The van der Waals surface area contributed by atoms with Crippen molar-refractivity contribution in [1.29, 1.82) is 0 Å². The van der Waals surface area contributed by atoms with Gasteiger partial charge < -0.3 is 48.3 Å². The average Bonchev–Trinajstić information content (AvgIpc) is 3.42. The molecule has 0 bridgehead atoms. The SMILES string of the molecule is NC(N)=NCCCC(NC(=O)C(Cc1c[nH]c2ccccc12)NC(=O)C(CCC(=O)O)NC(=O)C(N)Cc1ccccc1)C(=O)O. The van der Waals surface area contributed by atoms with Gasteiger partial charge in [0, 0.05) is 36.5 Å². The number of aromatic amines is 1. The molecule has 15 nitrogen and oxygen atoms in total. The Kier molecular flexibility index (Phi) is 13.1. The Morgan fingerprint density at radius 3 is 2.09 bits per heavy atom. The number of guanidine groups is 1. The molecule has 3 aromatic rings. The molecule has 0 fully saturated rings. The summed E-state index contributed by atoms with van der Waals surface area (Å²) in [5, 5.41) is 27.4. The van der Waals surface area contributed by atoms with E-state index in [4.69, 9.17) is 17.2 Å². The first-order valence-corrected chi connectivity index (χ1v) is 14.7. The van der Waals surface area contributed by atoms with Crippen molar-refractivity contribution in [2.24, 2.45) is 22.2 Å². The second-order valence-corrected chi connectivity index (χ2v) is 10.8. The minimum Gasteiger partial charge on any atom is -0.481 e. The van der Waals surface area contributed by atoms with Crippen LogP contribution in [0.5, 0.6) is 0 Å². The highest BCUT2D eigenvalue weighted by Crippen LogP contribution is 2.19. The van der Waals surface area contributed by atoms with Crippen LogP contribution in [0.15, 0.2) is 65.8 Å². The number of benzene rings is 2. The highest BCUT2D eigenvalue weighted by atomic mass is 16.4. The number of nitrogens with one attached hydrogen (secondary N) is 4. The largest absolute Gasteiger partial charge is 0.481 e. The first-order chi connectivity index (χ1) is 21.9. The molecule has 0 aliphatic heterocycles. The van der Waals surface area contributed by atoms with E-state index in [1.165, 1.54) is 0 Å². The zero-order chi connectivity index (χ0) is 33.6. The van der Waals surface area contributed by atoms with Gasteiger partial charge in [0.1, 0.15) is 18.1 Å². The molecule has 246 valence electrons. The molecule has 0 spiro atoms. The Bertz CT molecular complexity index is 1540. The van der Waals surface area contributed by atoms with E-state index in [0.717, 1.165) is 16.5 Å². The second kappa shape index (κ2) is 17.2. The Labute approximate surface area is 265 Å². The normalized spacial score (nSPS) is 13.5. The molecular weight excluding hydrogens is 596 g/mol. The van der Waals surface area contributed by atoms with Crippen LogP contribution in [-0.2, 0) is 36.8 Å². The van der Waals surface area contributed by atoms with E-state index in [9.17, 15) is 34.2 Å². The van der Waals surface area contributed by atoms with Gasteiger partial charge in [-0.15, -0.1) is 0 Å². The number of H-pyrrole nitrogens is 1. The van der Waals surface area contributed by atoms with Gasteiger partial charge in [-0.1, -0.05) is 48.5 Å². The Hall–Kier alpha value is -5.44. The fourth-order valence-corrected chi connectivity index (χ4v) is 4.81. The fraction of sp³-hybridized carbons (Fsp3) is 0.355. The van der Waals surface area contributed by atoms with Crippen LogP contribution in [0.1, 0.15) is 36.8 Å². The summed E-state index contributed by atoms with van der Waals surface area (Å²) in [4.78, 5) is 70.4. The Balaban J connectivity index is 1.82. The summed E-state index contributed by atoms with van der Waals surface area (Å²) in [5.41, 5.74) is 19.0. The smallest absolute Gasteiger partial charge is 0.326 e. The van der Waals surface area contributed by atoms with Crippen LogP contribution < -0.4 is 33.2 Å². The lowest BCUT2D eigenvalue weighted by atomic mass is 10.0. The van der Waals surface area contributed by atoms with E-state index >= 15 is 0 Å². The number of hydrogen-bond acceptors (Lipinski definition) is 7. The van der Waals surface area contributed by atoms with Crippen LogP contribution in [0.3, 0.4) is 0 Å². The van der Waals surface area contributed by atoms with Crippen LogP contribution >= 0.6 is 0 Å². The highest BCUT2D eigenvalue weighted by Gasteiger charge is 2.31. The molecule has 1 heterocycles. The molecule has 0 radical (unpaired) electrons. The predicted octanol–water partition coefficient (Wildman–Crippen LogP) is -0.262. The van der Waals surface area contributed by atoms with Crippen molar-refractivity contribution >= 4 is 46.5 Å². The van der Waals surface area contributed by atoms with Crippen molar-refractivity contribution in [2.75, 3.05) is 6.54 Å². The summed E-state index contributed by atoms with van der Waals surface area (Å²) in [6.45, 7) is 0.148. The number of hydrogen-bond donors (Lipinski definition) is 9. The van der Waals surface area contributed by atoms with Gasteiger partial charge in [-0.3, -0.25) is 24.2 Å². The maximum absolute atomic E-state index is 13.6. The van der Waals surface area contributed by atoms with Crippen molar-refractivity contribution in [3.05, 3.63) is 71.9 Å². The van der Waals surface area contributed by atoms with Gasteiger partial charge in [0.2, 0.25) is 17.7 Å². The lowest BCUT2D eigenvalue weighted by Gasteiger charge is -2.25. The summed E-state index contributed by atoms with van der Waals surface area (Å²) < 4.78 is 0. The lowest BCUT2D eigenvalue weighted by molar-refractivity contribution is -0.142. The van der Waals surface area contributed by atoms with Crippen LogP contribution in [0.25, 0.3) is 10.9 Å². The van der Waals surface area contributed by atoms with Crippen LogP contribution in [0.4, 0.5) is 0 Å². The monoisotopic (exact) mass is 636 g/mol. The fourth-order valence-electron chi connectivity index (χ4n) is 4.81. The molecule has 12 N–H and O–H groups in total. The molecule has 15 heteroatoms. The Morgan fingerprint density at radius 2 is 1.41 bits per heavy atom. The topological polar surface area (TPSA) is 268 Å². The standard InChI is InChI=1S/C31H40N8O7/c32-21(15-18-7-2-1-3-8-18)27(42)37-23(12-13-26(40)41)28(43)39-25(16-19-17-36-22-10-5-4-9-20(19)22)29(44)38-24(30(45)46)11-6-14-35-31(33)34/h1-5,7-10,17,21,23-25,36H,6,11-16,32H2,(H,37,42)(H,38,44)(H,39,43)(H,40,41)(H,45,46)(H4,33,34,35). The Morgan fingerprint density at radius 1 is 0.783 bits per heavy atom. The van der Waals surface area contributed by atoms with E-state index in [-0.39, 0.29) is 44.6 Å². The van der Waals surface area contributed by atoms with Crippen molar-refractivity contribution in [3.8, 4) is 0 Å². The number of carboxylic acids is 2. The molecule has 46 heavy (non-hydrogen) atoms. The van der Waals surface area contributed by atoms with E-state index in [1.54, 1.807) is 36.5 Å². The zero-order valence-corrected chi connectivity index (χ0v) is 25.1. The number of fused-ring (bicyclic) bond motifs is 1. The number of carbonyl (C=O) groups excluding carboxylic acids is 3. The average molecular weight is 637 g/mol. The third-order valence-electron chi connectivity index (χ3n) is 7.21. The zero-order valence-electron chi connectivity index (χ0n) is 25.1. The van der Waals surface area contributed by atoms with Gasteiger partial charge >= 0.3 is 11.9 Å². The molecule has 4 unspecified atom stereocenters. The summed E-state index contributed by atoms with van der Waals surface area (Å²) >= 11 is 0. The number of aliphatic carboxylic acids is 2. The summed E-state index contributed by atoms with van der Waals surface area (Å²) in [6, 6.07) is 11.3. The van der Waals surface area contributed by atoms with Gasteiger partial charge in [0.25, 0.3) is 0 Å². The van der Waals surface area contributed by atoms with Crippen LogP contribution in [-0.4, -0.2) is 81.5 Å². The van der Waals surface area contributed by atoms with Crippen LogP contribution in [0.2, 0.25) is 0 Å². The lowest BCUT2D eigenvalue weighted by Crippen LogP contribution is -2.57. The maximum atomic E-state index is 13.6. The number of carbonyl (C=O) groups is 5. The van der Waals surface area contributed by atoms with Gasteiger partial charge in [-0.05, 0) is 42.9 Å². The maximum Gasteiger partial charge on any atom is 0.326 e. The molecule has 4 atom stereocenters. The molecule has 3 amide bonds. The number of carboxylic acid groups (broad SMARTS) is 2. The molecule has 0 saturated heterocycles. The van der Waals surface area contributed by atoms with E-state index in [0.29, 0.717) is 5.56 Å². The predicted molar refractivity (Wildman–Crippen MR) is 170 cm³/mol. The number of para-hydroxylation sites is 1. The summed E-state index contributed by atoms with van der Waals surface area (Å²) in [6.07, 6.45) is 1.31.